The number of carbonyl (C=O) groups is 2. The summed E-state index contributed by atoms with van der Waals surface area (Å²) in [5, 5.41) is 10.9. The van der Waals surface area contributed by atoms with Gasteiger partial charge in [0.1, 0.15) is 11.5 Å². The first-order chi connectivity index (χ1) is 15.3. The van der Waals surface area contributed by atoms with E-state index in [0.29, 0.717) is 5.56 Å². The average molecular weight is 441 g/mol. The van der Waals surface area contributed by atoms with Gasteiger partial charge in [-0.1, -0.05) is 12.1 Å². The minimum absolute atomic E-state index is 0.0171. The second-order valence-electron chi connectivity index (χ2n) is 6.74. The molecule has 32 heavy (non-hydrogen) atoms. The molecular weight excluding hydrogens is 427 g/mol. The van der Waals surface area contributed by atoms with Gasteiger partial charge in [-0.25, -0.2) is 0 Å². The summed E-state index contributed by atoms with van der Waals surface area (Å²) in [6.07, 6.45) is 0.761. The minimum Gasteiger partial charge on any atom is -0.507 e. The molecule has 4 rings (SSSR count). The van der Waals surface area contributed by atoms with Crippen molar-refractivity contribution >= 4 is 23.1 Å². The fourth-order valence-corrected chi connectivity index (χ4v) is 3.45. The molecular formula is C22H14F3N3O4. The molecule has 1 saturated heterocycles. The number of rotatable bonds is 4. The van der Waals surface area contributed by atoms with Crippen LogP contribution in [0.5, 0.6) is 5.75 Å². The normalized spacial score (nSPS) is 18.1. The van der Waals surface area contributed by atoms with Gasteiger partial charge in [-0.15, -0.1) is 13.2 Å². The predicted molar refractivity (Wildman–Crippen MR) is 106 cm³/mol. The number of Topliss-reactive ketones (excluding diaryl/α,β-unsaturated/α-hetero) is 1. The van der Waals surface area contributed by atoms with E-state index in [0.717, 1.165) is 17.0 Å². The molecule has 0 saturated carbocycles. The van der Waals surface area contributed by atoms with Gasteiger partial charge in [0, 0.05) is 42.1 Å². The molecule has 7 nitrogen and oxygen atoms in total. The molecule has 1 amide bonds. The van der Waals surface area contributed by atoms with Crippen molar-refractivity contribution in [3.63, 3.8) is 0 Å². The molecule has 1 atom stereocenters. The van der Waals surface area contributed by atoms with Gasteiger partial charge in [-0.3, -0.25) is 24.5 Å². The van der Waals surface area contributed by atoms with Crippen LogP contribution in [0.2, 0.25) is 0 Å². The van der Waals surface area contributed by atoms with Crippen LogP contribution in [0.4, 0.5) is 18.9 Å². The summed E-state index contributed by atoms with van der Waals surface area (Å²) >= 11 is 0. The number of alkyl halides is 3. The molecule has 1 unspecified atom stereocenters. The lowest BCUT2D eigenvalue weighted by molar-refractivity contribution is -0.274. The summed E-state index contributed by atoms with van der Waals surface area (Å²) in [5.74, 6) is -3.00. The van der Waals surface area contributed by atoms with Gasteiger partial charge < -0.3 is 9.84 Å². The first-order valence-electron chi connectivity index (χ1n) is 9.23. The second-order valence-corrected chi connectivity index (χ2v) is 6.74. The second kappa shape index (κ2) is 8.14. The molecule has 1 fully saturated rings. The highest BCUT2D eigenvalue weighted by molar-refractivity contribution is 6.51. The van der Waals surface area contributed by atoms with Crippen molar-refractivity contribution < 1.29 is 32.6 Å². The number of ketones is 1. The monoisotopic (exact) mass is 441 g/mol. The van der Waals surface area contributed by atoms with Crippen molar-refractivity contribution in [2.45, 2.75) is 12.4 Å². The lowest BCUT2D eigenvalue weighted by Gasteiger charge is -2.25. The molecule has 1 aliphatic rings. The molecule has 0 radical (unpaired) electrons. The minimum atomic E-state index is -4.93. The maximum Gasteiger partial charge on any atom is 0.573 e. The van der Waals surface area contributed by atoms with Gasteiger partial charge in [-0.2, -0.15) is 0 Å². The topological polar surface area (TPSA) is 92.6 Å². The fraction of sp³-hybridized carbons (Fsp3) is 0.0909. The Bertz CT molecular complexity index is 1200. The molecule has 0 spiro atoms. The Morgan fingerprint density at radius 3 is 2.41 bits per heavy atom. The van der Waals surface area contributed by atoms with Gasteiger partial charge in [0.15, 0.2) is 0 Å². The maximum absolute atomic E-state index is 13.0. The van der Waals surface area contributed by atoms with Crippen LogP contribution in [0.15, 0.2) is 78.9 Å². The molecule has 10 heteroatoms. The number of carbonyl (C=O) groups excluding carboxylic acids is 2. The number of aliphatic hydroxyl groups is 1. The van der Waals surface area contributed by atoms with Crippen LogP contribution in [0.1, 0.15) is 17.2 Å². The summed E-state index contributed by atoms with van der Waals surface area (Å²) in [6, 6.07) is 9.65. The third-order valence-corrected chi connectivity index (χ3v) is 4.73. The zero-order valence-corrected chi connectivity index (χ0v) is 16.2. The van der Waals surface area contributed by atoms with Crippen molar-refractivity contribution in [2.75, 3.05) is 4.90 Å². The van der Waals surface area contributed by atoms with Crippen molar-refractivity contribution in [1.29, 1.82) is 0 Å². The van der Waals surface area contributed by atoms with Crippen LogP contribution in [0, 0.1) is 0 Å². The standard InChI is InChI=1S/C22H14F3N3O4/c23-22(24,25)32-16-5-1-4-15(11-16)28-18(14-3-2-8-27-12-14)17(20(30)21(28)31)19(29)13-6-9-26-10-7-13/h1-12,18,29H/b19-17+. The van der Waals surface area contributed by atoms with E-state index in [1.165, 1.54) is 49.1 Å². The predicted octanol–water partition coefficient (Wildman–Crippen LogP) is 4.00. The molecule has 3 aromatic rings. The van der Waals surface area contributed by atoms with E-state index in [1.807, 2.05) is 0 Å². The van der Waals surface area contributed by atoms with Crippen molar-refractivity contribution in [2.24, 2.45) is 0 Å². The summed E-state index contributed by atoms with van der Waals surface area (Å²) in [7, 11) is 0. The lowest BCUT2D eigenvalue weighted by atomic mass is 9.96. The molecule has 1 aromatic carbocycles. The highest BCUT2D eigenvalue weighted by Gasteiger charge is 2.47. The highest BCUT2D eigenvalue weighted by atomic mass is 19.4. The quantitative estimate of drug-likeness (QED) is 0.374. The number of benzene rings is 1. The Kier molecular flexibility index (Phi) is 5.35. The van der Waals surface area contributed by atoms with E-state index in [-0.39, 0.29) is 16.8 Å². The summed E-state index contributed by atoms with van der Waals surface area (Å²) in [6.45, 7) is 0. The van der Waals surface area contributed by atoms with E-state index in [4.69, 9.17) is 0 Å². The molecule has 1 N–H and O–H groups in total. The van der Waals surface area contributed by atoms with Crippen LogP contribution in [-0.2, 0) is 9.59 Å². The fourth-order valence-electron chi connectivity index (χ4n) is 3.45. The Morgan fingerprint density at radius 2 is 1.75 bits per heavy atom. The van der Waals surface area contributed by atoms with Gasteiger partial charge in [-0.05, 0) is 35.9 Å². The van der Waals surface area contributed by atoms with Crippen LogP contribution in [-0.4, -0.2) is 33.1 Å². The SMILES string of the molecule is O=C1C(=O)N(c2cccc(OC(F)(F)F)c2)C(c2cccnc2)/C1=C(\O)c1ccncc1. The molecule has 0 aliphatic carbocycles. The molecule has 0 bridgehead atoms. The van der Waals surface area contributed by atoms with Gasteiger partial charge >= 0.3 is 6.36 Å². The van der Waals surface area contributed by atoms with Crippen LogP contribution in [0.25, 0.3) is 5.76 Å². The van der Waals surface area contributed by atoms with E-state index in [2.05, 4.69) is 14.7 Å². The Balaban J connectivity index is 1.88. The summed E-state index contributed by atoms with van der Waals surface area (Å²) in [4.78, 5) is 34.8. The number of hydrogen-bond donors (Lipinski definition) is 1. The van der Waals surface area contributed by atoms with E-state index in [1.54, 1.807) is 12.1 Å². The Morgan fingerprint density at radius 1 is 1.00 bits per heavy atom. The van der Waals surface area contributed by atoms with Gasteiger partial charge in [0.05, 0.1) is 11.6 Å². The zero-order chi connectivity index (χ0) is 22.9. The van der Waals surface area contributed by atoms with Gasteiger partial charge in [0.25, 0.3) is 11.7 Å². The number of anilines is 1. The van der Waals surface area contributed by atoms with Crippen molar-refractivity contribution in [3.05, 3.63) is 90.0 Å². The molecule has 162 valence electrons. The van der Waals surface area contributed by atoms with Gasteiger partial charge in [0.2, 0.25) is 0 Å². The third-order valence-electron chi connectivity index (χ3n) is 4.73. The number of ether oxygens (including phenoxy) is 1. The number of aromatic nitrogens is 2. The van der Waals surface area contributed by atoms with Crippen LogP contribution >= 0.6 is 0 Å². The molecule has 3 heterocycles. The largest absolute Gasteiger partial charge is 0.573 e. The van der Waals surface area contributed by atoms with E-state index >= 15 is 0 Å². The molecule has 1 aliphatic heterocycles. The van der Waals surface area contributed by atoms with Crippen molar-refractivity contribution in [3.8, 4) is 5.75 Å². The average Bonchev–Trinajstić information content (AvgIpc) is 3.04. The lowest BCUT2D eigenvalue weighted by Crippen LogP contribution is -2.29. The number of hydrogen-bond acceptors (Lipinski definition) is 6. The third kappa shape index (κ3) is 4.02. The van der Waals surface area contributed by atoms with Crippen molar-refractivity contribution in [1.82, 2.24) is 9.97 Å². The molecule has 2 aromatic heterocycles. The summed E-state index contributed by atoms with van der Waals surface area (Å²) in [5.41, 5.74) is 0.387. The number of aliphatic hydroxyl groups excluding tert-OH is 1. The highest BCUT2D eigenvalue weighted by Crippen LogP contribution is 2.42. The number of halogens is 3. The number of pyridine rings is 2. The first-order valence-corrected chi connectivity index (χ1v) is 9.23. The smallest absolute Gasteiger partial charge is 0.507 e. The number of amides is 1. The Labute approximate surface area is 179 Å². The Hall–Kier alpha value is -4.21. The van der Waals surface area contributed by atoms with Crippen LogP contribution in [0.3, 0.4) is 0 Å². The first kappa shape index (κ1) is 21.0. The maximum atomic E-state index is 13.0. The summed E-state index contributed by atoms with van der Waals surface area (Å²) < 4.78 is 42.0. The van der Waals surface area contributed by atoms with E-state index in [9.17, 15) is 27.9 Å². The van der Waals surface area contributed by atoms with E-state index < -0.39 is 35.6 Å². The van der Waals surface area contributed by atoms with Crippen LogP contribution < -0.4 is 9.64 Å². The zero-order valence-electron chi connectivity index (χ0n) is 16.2. The number of nitrogens with zero attached hydrogens (tertiary/aromatic N) is 3.